The Morgan fingerprint density at radius 2 is 2.06 bits per heavy atom. The minimum Gasteiger partial charge on any atom is -0.598 e. The lowest BCUT2D eigenvalue weighted by atomic mass is 10.1. The van der Waals surface area contributed by atoms with Crippen molar-refractivity contribution in [2.24, 2.45) is 0 Å². The highest BCUT2D eigenvalue weighted by Crippen LogP contribution is 2.14. The van der Waals surface area contributed by atoms with E-state index in [1.165, 1.54) is 0 Å². The second-order valence-corrected chi connectivity index (χ2v) is 7.10. The number of rotatable bonds is 7. The Labute approximate surface area is 108 Å². The van der Waals surface area contributed by atoms with E-state index in [-0.39, 0.29) is 16.8 Å². The summed E-state index contributed by atoms with van der Waals surface area (Å²) in [6.07, 6.45) is 2.01. The molecule has 0 aliphatic heterocycles. The third kappa shape index (κ3) is 8.46. The number of carbonyl (C=O) groups excluding carboxylic acids is 1. The first-order chi connectivity index (χ1) is 7.77. The van der Waals surface area contributed by atoms with Crippen LogP contribution in [0.25, 0.3) is 0 Å². The van der Waals surface area contributed by atoms with Crippen LogP contribution >= 0.6 is 0 Å². The molecular formula is C12H25NO3S. The number of hydrogen-bond acceptors (Lipinski definition) is 4. The van der Waals surface area contributed by atoms with Gasteiger partial charge in [0.15, 0.2) is 0 Å². The molecule has 0 bridgehead atoms. The lowest BCUT2D eigenvalue weighted by Gasteiger charge is -2.26. The molecule has 0 aromatic carbocycles. The molecule has 0 heterocycles. The molecule has 0 rings (SSSR count). The zero-order valence-corrected chi connectivity index (χ0v) is 12.4. The predicted octanol–water partition coefficient (Wildman–Crippen LogP) is 2.16. The fourth-order valence-electron chi connectivity index (χ4n) is 1.20. The molecule has 2 atom stereocenters. The van der Waals surface area contributed by atoms with Crippen LogP contribution in [0, 0.1) is 0 Å². The van der Waals surface area contributed by atoms with Crippen molar-refractivity contribution in [3.8, 4) is 0 Å². The van der Waals surface area contributed by atoms with Gasteiger partial charge in [-0.3, -0.25) is 4.79 Å². The summed E-state index contributed by atoms with van der Waals surface area (Å²) in [5.74, 6) is -0.156. The van der Waals surface area contributed by atoms with Crippen molar-refractivity contribution in [2.45, 2.75) is 64.7 Å². The average Bonchev–Trinajstić information content (AvgIpc) is 2.16. The largest absolute Gasteiger partial charge is 0.598 e. The van der Waals surface area contributed by atoms with Crippen molar-refractivity contribution in [3.63, 3.8) is 0 Å². The molecule has 1 unspecified atom stereocenters. The van der Waals surface area contributed by atoms with Gasteiger partial charge in [0.2, 0.25) is 0 Å². The Hall–Kier alpha value is -0.260. The Balaban J connectivity index is 3.73. The minimum absolute atomic E-state index is 0.143. The van der Waals surface area contributed by atoms with Crippen molar-refractivity contribution in [1.29, 1.82) is 0 Å². The van der Waals surface area contributed by atoms with Crippen LogP contribution in [0.3, 0.4) is 0 Å². The number of hydrogen-bond donors (Lipinski definition) is 1. The van der Waals surface area contributed by atoms with E-state index in [4.69, 9.17) is 4.74 Å². The molecule has 17 heavy (non-hydrogen) atoms. The second kappa shape index (κ2) is 7.95. The highest BCUT2D eigenvalue weighted by Gasteiger charge is 2.27. The average molecular weight is 263 g/mol. The zero-order valence-electron chi connectivity index (χ0n) is 11.5. The van der Waals surface area contributed by atoms with Gasteiger partial charge in [-0.05, 0) is 47.5 Å². The highest BCUT2D eigenvalue weighted by atomic mass is 32.2. The van der Waals surface area contributed by atoms with Crippen molar-refractivity contribution < 1.29 is 14.1 Å². The van der Waals surface area contributed by atoms with Crippen LogP contribution in [0.5, 0.6) is 0 Å². The van der Waals surface area contributed by atoms with Gasteiger partial charge in [0.1, 0.15) is 4.75 Å². The summed E-state index contributed by atoms with van der Waals surface area (Å²) in [7, 11) is 0. The summed E-state index contributed by atoms with van der Waals surface area (Å²) in [4.78, 5) is 11.1. The maximum absolute atomic E-state index is 11.8. The summed E-state index contributed by atoms with van der Waals surface area (Å²) in [5.41, 5.74) is 0. The van der Waals surface area contributed by atoms with E-state index in [0.717, 1.165) is 12.8 Å². The van der Waals surface area contributed by atoms with Crippen LogP contribution in [-0.2, 0) is 20.9 Å². The molecular weight excluding hydrogens is 238 g/mol. The quantitative estimate of drug-likeness (QED) is 0.565. The Morgan fingerprint density at radius 1 is 1.47 bits per heavy atom. The Kier molecular flexibility index (Phi) is 7.83. The normalized spacial score (nSPS) is 15.4. The first-order valence-corrected chi connectivity index (χ1v) is 7.26. The van der Waals surface area contributed by atoms with E-state index >= 15 is 0 Å². The molecule has 0 spiro atoms. The van der Waals surface area contributed by atoms with Gasteiger partial charge in [-0.1, -0.05) is 0 Å². The van der Waals surface area contributed by atoms with E-state index in [2.05, 4.69) is 4.72 Å². The molecule has 0 aliphatic rings. The molecule has 0 saturated carbocycles. The second-order valence-electron chi connectivity index (χ2n) is 5.10. The third-order valence-corrected chi connectivity index (χ3v) is 3.92. The van der Waals surface area contributed by atoms with Gasteiger partial charge in [0.25, 0.3) is 0 Å². The molecule has 0 amide bonds. The SMILES string of the molecule is CCOC(=O)CCC[C@@H](C)N[S+]([O-])C(C)(C)C. The smallest absolute Gasteiger partial charge is 0.305 e. The van der Waals surface area contributed by atoms with Crippen LogP contribution in [0.2, 0.25) is 0 Å². The molecule has 0 aromatic heterocycles. The predicted molar refractivity (Wildman–Crippen MR) is 71.0 cm³/mol. The fourth-order valence-corrected chi connectivity index (χ4v) is 2.04. The molecule has 5 heteroatoms. The third-order valence-electron chi connectivity index (χ3n) is 2.19. The maximum Gasteiger partial charge on any atom is 0.305 e. The van der Waals surface area contributed by atoms with E-state index < -0.39 is 11.4 Å². The Morgan fingerprint density at radius 3 is 2.53 bits per heavy atom. The van der Waals surface area contributed by atoms with E-state index in [9.17, 15) is 9.35 Å². The summed E-state index contributed by atoms with van der Waals surface area (Å²) in [5, 5.41) is 0. The maximum atomic E-state index is 11.8. The minimum atomic E-state index is -1.05. The molecule has 0 fully saturated rings. The summed E-state index contributed by atoms with van der Waals surface area (Å²) >= 11 is -1.05. The van der Waals surface area contributed by atoms with Crippen molar-refractivity contribution in [1.82, 2.24) is 4.72 Å². The van der Waals surface area contributed by atoms with Crippen LogP contribution in [-0.4, -0.2) is 27.9 Å². The van der Waals surface area contributed by atoms with Crippen molar-refractivity contribution >= 4 is 17.3 Å². The summed E-state index contributed by atoms with van der Waals surface area (Å²) in [6, 6.07) is 0.143. The van der Waals surface area contributed by atoms with E-state index in [0.29, 0.717) is 13.0 Å². The summed E-state index contributed by atoms with van der Waals surface area (Å²) < 4.78 is 19.4. The number of carbonyl (C=O) groups is 1. The molecule has 0 aliphatic carbocycles. The number of nitrogens with one attached hydrogen (secondary N) is 1. The zero-order chi connectivity index (χ0) is 13.5. The van der Waals surface area contributed by atoms with Gasteiger partial charge < -0.3 is 9.29 Å². The molecule has 4 nitrogen and oxygen atoms in total. The van der Waals surface area contributed by atoms with Gasteiger partial charge in [-0.15, -0.1) is 4.72 Å². The first kappa shape index (κ1) is 16.7. The monoisotopic (exact) mass is 263 g/mol. The van der Waals surface area contributed by atoms with E-state index in [1.54, 1.807) is 6.92 Å². The van der Waals surface area contributed by atoms with Gasteiger partial charge >= 0.3 is 5.97 Å². The molecule has 1 N–H and O–H groups in total. The topological polar surface area (TPSA) is 61.4 Å². The molecule has 0 saturated heterocycles. The lowest BCUT2D eigenvalue weighted by Crippen LogP contribution is -2.43. The lowest BCUT2D eigenvalue weighted by molar-refractivity contribution is -0.143. The number of ether oxygens (including phenoxy) is 1. The van der Waals surface area contributed by atoms with Gasteiger partial charge in [0, 0.05) is 23.8 Å². The van der Waals surface area contributed by atoms with E-state index in [1.807, 2.05) is 27.7 Å². The van der Waals surface area contributed by atoms with Crippen molar-refractivity contribution in [3.05, 3.63) is 0 Å². The Bertz CT molecular complexity index is 228. The van der Waals surface area contributed by atoms with Gasteiger partial charge in [-0.25, -0.2) is 0 Å². The van der Waals surface area contributed by atoms with Gasteiger partial charge in [0.05, 0.1) is 6.61 Å². The number of esters is 1. The highest BCUT2D eigenvalue weighted by molar-refractivity contribution is 7.90. The standard InChI is InChI=1S/C12H25NO3S/c1-6-16-11(14)9-7-8-10(2)13-17(15)12(3,4)5/h10,13H,6-9H2,1-5H3/t10-,17?/m1/s1. The fraction of sp³-hybridized carbons (Fsp3) is 0.917. The molecule has 0 radical (unpaired) electrons. The first-order valence-electron chi connectivity index (χ1n) is 6.11. The van der Waals surface area contributed by atoms with Crippen LogP contribution in [0.4, 0.5) is 0 Å². The van der Waals surface area contributed by atoms with Crippen LogP contribution in [0.1, 0.15) is 53.9 Å². The molecule has 102 valence electrons. The summed E-state index contributed by atoms with van der Waals surface area (Å²) in [6.45, 7) is 10.0. The van der Waals surface area contributed by atoms with Gasteiger partial charge in [-0.2, -0.15) is 0 Å². The molecule has 0 aromatic rings. The van der Waals surface area contributed by atoms with Crippen LogP contribution in [0.15, 0.2) is 0 Å². The van der Waals surface area contributed by atoms with Crippen LogP contribution < -0.4 is 4.72 Å². The van der Waals surface area contributed by atoms with Crippen molar-refractivity contribution in [2.75, 3.05) is 6.61 Å².